The van der Waals surface area contributed by atoms with Crippen LogP contribution in [0.25, 0.3) is 16.9 Å². The van der Waals surface area contributed by atoms with Gasteiger partial charge in [-0.2, -0.15) is 5.10 Å². The highest BCUT2D eigenvalue weighted by Crippen LogP contribution is 2.20. The number of nitrogens with zero attached hydrogens (tertiary/aromatic N) is 5. The summed E-state index contributed by atoms with van der Waals surface area (Å²) in [5.41, 5.74) is 2.46. The molecule has 1 aromatic carbocycles. The first-order valence-corrected chi connectivity index (χ1v) is 7.44. The number of hydrogen-bond donors (Lipinski definition) is 2. The van der Waals surface area contributed by atoms with Crippen molar-refractivity contribution in [2.45, 2.75) is 6.92 Å². The minimum Gasteiger partial charge on any atom is -0.441 e. The Labute approximate surface area is 141 Å². The van der Waals surface area contributed by atoms with E-state index >= 15 is 0 Å². The van der Waals surface area contributed by atoms with Gasteiger partial charge in [0.15, 0.2) is 17.3 Å². The first-order valence-electron chi connectivity index (χ1n) is 7.44. The van der Waals surface area contributed by atoms with Gasteiger partial charge >= 0.3 is 6.03 Å². The predicted molar refractivity (Wildman–Crippen MR) is 90.5 cm³/mol. The molecule has 0 atom stereocenters. The molecule has 9 heteroatoms. The summed E-state index contributed by atoms with van der Waals surface area (Å²) in [4.78, 5) is 24.7. The Morgan fingerprint density at radius 1 is 1.24 bits per heavy atom. The van der Waals surface area contributed by atoms with Crippen molar-refractivity contribution in [3.05, 3.63) is 55.1 Å². The number of nitrogens with one attached hydrogen (secondary N) is 2. The summed E-state index contributed by atoms with van der Waals surface area (Å²) in [6.45, 7) is 1.77. The number of oxazole rings is 1. The van der Waals surface area contributed by atoms with Crippen molar-refractivity contribution >= 4 is 28.5 Å². The predicted octanol–water partition coefficient (Wildman–Crippen LogP) is 2.76. The maximum Gasteiger partial charge on any atom is 0.323 e. The number of anilines is 2. The molecular formula is C16H13N7O2. The number of carbonyl (C=O) groups excluding carboxylic acids is 1. The van der Waals surface area contributed by atoms with Crippen LogP contribution in [0, 0.1) is 6.92 Å². The second-order valence-electron chi connectivity index (χ2n) is 5.21. The zero-order valence-electron chi connectivity index (χ0n) is 13.2. The number of rotatable bonds is 3. The van der Waals surface area contributed by atoms with E-state index in [0.29, 0.717) is 34.2 Å². The number of aromatic nitrogens is 5. The van der Waals surface area contributed by atoms with Crippen LogP contribution in [-0.2, 0) is 0 Å². The number of hydrogen-bond acceptors (Lipinski definition) is 6. The molecule has 124 valence electrons. The Bertz CT molecular complexity index is 1040. The van der Waals surface area contributed by atoms with Crippen LogP contribution in [0.1, 0.15) is 5.89 Å². The molecule has 0 aliphatic rings. The van der Waals surface area contributed by atoms with Gasteiger partial charge in [-0.05, 0) is 30.3 Å². The third kappa shape index (κ3) is 3.02. The molecule has 3 heterocycles. The molecule has 2 N–H and O–H groups in total. The number of pyridine rings is 1. The molecule has 0 fully saturated rings. The van der Waals surface area contributed by atoms with E-state index in [0.717, 1.165) is 0 Å². The van der Waals surface area contributed by atoms with Gasteiger partial charge in [-0.3, -0.25) is 0 Å². The molecule has 0 unspecified atom stereocenters. The Kier molecular flexibility index (Phi) is 3.58. The van der Waals surface area contributed by atoms with E-state index in [1.807, 2.05) is 0 Å². The average Bonchev–Trinajstić information content (AvgIpc) is 3.23. The van der Waals surface area contributed by atoms with Crippen LogP contribution in [0.4, 0.5) is 16.2 Å². The van der Waals surface area contributed by atoms with Crippen molar-refractivity contribution in [1.82, 2.24) is 24.7 Å². The van der Waals surface area contributed by atoms with E-state index < -0.39 is 6.03 Å². The van der Waals surface area contributed by atoms with Crippen molar-refractivity contribution < 1.29 is 9.21 Å². The van der Waals surface area contributed by atoms with Gasteiger partial charge in [-0.25, -0.2) is 24.4 Å². The third-order valence-corrected chi connectivity index (χ3v) is 3.42. The van der Waals surface area contributed by atoms with Crippen molar-refractivity contribution in [1.29, 1.82) is 0 Å². The van der Waals surface area contributed by atoms with Crippen molar-refractivity contribution in [2.24, 2.45) is 0 Å². The van der Waals surface area contributed by atoms with Gasteiger partial charge in [-0.1, -0.05) is 0 Å². The average molecular weight is 335 g/mol. The third-order valence-electron chi connectivity index (χ3n) is 3.42. The Balaban J connectivity index is 1.54. The highest BCUT2D eigenvalue weighted by molar-refractivity contribution is 6.01. The molecule has 0 aliphatic carbocycles. The molecule has 0 saturated carbocycles. The van der Waals surface area contributed by atoms with Gasteiger partial charge in [0.05, 0.1) is 5.69 Å². The van der Waals surface area contributed by atoms with Crippen LogP contribution in [0.15, 0.2) is 53.6 Å². The van der Waals surface area contributed by atoms with E-state index in [2.05, 4.69) is 30.7 Å². The number of aryl methyl sites for hydroxylation is 1. The number of benzene rings is 1. The number of amides is 2. The van der Waals surface area contributed by atoms with Crippen molar-refractivity contribution in [3.63, 3.8) is 0 Å². The molecule has 4 rings (SSSR count). The summed E-state index contributed by atoms with van der Waals surface area (Å²) in [5.74, 6) is 1.04. The topological polar surface area (TPSA) is 111 Å². The standard InChI is InChI=1S/C16H13N7O2/c1-10-20-13-7-11(4-5-14(13)25-10)21-16(24)22-12-3-2-6-18-15(12)23-9-17-8-19-23/h2-9H,1H3,(H2,21,22,24). The van der Waals surface area contributed by atoms with Gasteiger partial charge < -0.3 is 15.1 Å². The molecule has 9 nitrogen and oxygen atoms in total. The fraction of sp³-hybridized carbons (Fsp3) is 0.0625. The Hall–Kier alpha value is -3.75. The fourth-order valence-corrected chi connectivity index (χ4v) is 2.40. The summed E-state index contributed by atoms with van der Waals surface area (Å²) >= 11 is 0. The van der Waals surface area contributed by atoms with Gasteiger partial charge in [0.25, 0.3) is 0 Å². The first kappa shape index (κ1) is 14.8. The lowest BCUT2D eigenvalue weighted by Gasteiger charge is -2.10. The summed E-state index contributed by atoms with van der Waals surface area (Å²) in [6.07, 6.45) is 4.51. The highest BCUT2D eigenvalue weighted by atomic mass is 16.3. The van der Waals surface area contributed by atoms with Gasteiger partial charge in [-0.15, -0.1) is 0 Å². The second kappa shape index (κ2) is 6.04. The Morgan fingerprint density at radius 3 is 3.00 bits per heavy atom. The van der Waals surface area contributed by atoms with Gasteiger partial charge in [0.1, 0.15) is 18.2 Å². The molecule has 3 aromatic heterocycles. The van der Waals surface area contributed by atoms with E-state index in [9.17, 15) is 4.79 Å². The van der Waals surface area contributed by atoms with Crippen LogP contribution in [0.5, 0.6) is 0 Å². The lowest BCUT2D eigenvalue weighted by Crippen LogP contribution is -2.20. The quantitative estimate of drug-likeness (QED) is 0.595. The normalized spacial score (nSPS) is 10.8. The molecule has 25 heavy (non-hydrogen) atoms. The lowest BCUT2D eigenvalue weighted by molar-refractivity contribution is 0.262. The monoisotopic (exact) mass is 335 g/mol. The molecule has 0 saturated heterocycles. The van der Waals surface area contributed by atoms with E-state index in [-0.39, 0.29) is 0 Å². The summed E-state index contributed by atoms with van der Waals surface area (Å²) in [5, 5.41) is 9.54. The Morgan fingerprint density at radius 2 is 2.16 bits per heavy atom. The molecule has 0 aliphatic heterocycles. The lowest BCUT2D eigenvalue weighted by atomic mass is 10.3. The van der Waals surface area contributed by atoms with E-state index in [1.54, 1.807) is 43.5 Å². The summed E-state index contributed by atoms with van der Waals surface area (Å²) in [6, 6.07) is 8.29. The van der Waals surface area contributed by atoms with Crippen LogP contribution in [0.3, 0.4) is 0 Å². The molecule has 2 amide bonds. The van der Waals surface area contributed by atoms with E-state index in [4.69, 9.17) is 4.42 Å². The van der Waals surface area contributed by atoms with Crippen LogP contribution < -0.4 is 10.6 Å². The minimum absolute atomic E-state index is 0.408. The summed E-state index contributed by atoms with van der Waals surface area (Å²) in [7, 11) is 0. The first-order chi connectivity index (χ1) is 12.2. The molecule has 0 bridgehead atoms. The van der Waals surface area contributed by atoms with Crippen molar-refractivity contribution in [3.8, 4) is 5.82 Å². The molecule has 0 spiro atoms. The van der Waals surface area contributed by atoms with Crippen LogP contribution in [-0.4, -0.2) is 30.8 Å². The summed E-state index contributed by atoms with van der Waals surface area (Å²) < 4.78 is 6.89. The molecular weight excluding hydrogens is 322 g/mol. The maximum absolute atomic E-state index is 12.3. The number of fused-ring (bicyclic) bond motifs is 1. The maximum atomic E-state index is 12.3. The molecule has 4 aromatic rings. The largest absolute Gasteiger partial charge is 0.441 e. The SMILES string of the molecule is Cc1nc2cc(NC(=O)Nc3cccnc3-n3cncn3)ccc2o1. The zero-order chi connectivity index (χ0) is 17.2. The van der Waals surface area contributed by atoms with Gasteiger partial charge in [0.2, 0.25) is 0 Å². The van der Waals surface area contributed by atoms with Gasteiger partial charge in [0, 0.05) is 18.8 Å². The number of carbonyl (C=O) groups is 1. The zero-order valence-corrected chi connectivity index (χ0v) is 13.2. The van der Waals surface area contributed by atoms with E-state index in [1.165, 1.54) is 17.3 Å². The van der Waals surface area contributed by atoms with Crippen LogP contribution >= 0.6 is 0 Å². The fourth-order valence-electron chi connectivity index (χ4n) is 2.40. The van der Waals surface area contributed by atoms with Crippen LogP contribution in [0.2, 0.25) is 0 Å². The second-order valence-corrected chi connectivity index (χ2v) is 5.21. The smallest absolute Gasteiger partial charge is 0.323 e. The number of urea groups is 1. The minimum atomic E-state index is -0.408. The van der Waals surface area contributed by atoms with Crippen molar-refractivity contribution in [2.75, 3.05) is 10.6 Å². The highest BCUT2D eigenvalue weighted by Gasteiger charge is 2.11. The molecule has 0 radical (unpaired) electrons.